The van der Waals surface area contributed by atoms with E-state index in [1.165, 1.54) is 52.7 Å². The lowest BCUT2D eigenvalue weighted by molar-refractivity contribution is -0.142. The van der Waals surface area contributed by atoms with E-state index >= 15 is 0 Å². The third-order valence-corrected chi connectivity index (χ3v) is 13.6. The van der Waals surface area contributed by atoms with Gasteiger partial charge in [-0.15, -0.1) is 0 Å². The Morgan fingerprint density at radius 2 is 0.937 bits per heavy atom. The maximum Gasteiger partial charge on any atom is 0.326 e. The topological polar surface area (TPSA) is 183 Å². The lowest BCUT2D eigenvalue weighted by Gasteiger charge is -2.25. The summed E-state index contributed by atoms with van der Waals surface area (Å²) in [7, 11) is 10.5. The van der Waals surface area contributed by atoms with Gasteiger partial charge in [0.05, 0.1) is 33.1 Å². The Kier molecular flexibility index (Phi) is 25.0. The molecule has 0 aliphatic heterocycles. The smallest absolute Gasteiger partial charge is 0.326 e. The number of ether oxygens (including phenoxy) is 2. The number of ketones is 1. The SMILES string of the molecule is CC(C)CC(C(=O)O)n1cc(CN(C)C)ccc1=O.COC(=O)C[C@H](CC(=O)C(CC(C)C)n1cc(CN(C)C)ccc1=O)c1cccc(-c2c(C)cccc2C)c1.COC(=O)C[C@H](N)c1cccc(-c2c(C)cccc2C)c1. The molecule has 0 saturated heterocycles. The lowest BCUT2D eigenvalue weighted by Crippen LogP contribution is -2.32. The Bertz CT molecular complexity index is 3080. The zero-order valence-corrected chi connectivity index (χ0v) is 49.0. The average Bonchev–Trinajstić information content (AvgIpc) is 3.38. The molecule has 4 aromatic carbocycles. The number of carboxylic acids is 1. The number of carbonyl (C=O) groups is 4. The van der Waals surface area contributed by atoms with Crippen molar-refractivity contribution in [1.29, 1.82) is 0 Å². The van der Waals surface area contributed by atoms with Gasteiger partial charge in [0.15, 0.2) is 5.78 Å². The number of aliphatic carboxylic acids is 1. The van der Waals surface area contributed by atoms with Crippen molar-refractivity contribution in [2.45, 2.75) is 125 Å². The number of pyridine rings is 2. The highest BCUT2D eigenvalue weighted by Crippen LogP contribution is 2.34. The normalized spacial score (nSPS) is 12.7. The van der Waals surface area contributed by atoms with Gasteiger partial charge in [0.25, 0.3) is 11.1 Å². The molecule has 0 radical (unpaired) electrons. The molecule has 14 heteroatoms. The van der Waals surface area contributed by atoms with Crippen LogP contribution in [0.2, 0.25) is 0 Å². The van der Waals surface area contributed by atoms with E-state index in [2.05, 4.69) is 101 Å². The molecular formula is C65H85N5O9. The highest BCUT2D eigenvalue weighted by atomic mass is 16.5. The van der Waals surface area contributed by atoms with Crippen molar-refractivity contribution in [3.63, 3.8) is 0 Å². The second-order valence-electron chi connectivity index (χ2n) is 22.0. The molecule has 3 N–H and O–H groups in total. The van der Waals surface area contributed by atoms with Crippen molar-refractivity contribution in [2.24, 2.45) is 17.6 Å². The molecule has 2 aromatic heterocycles. The summed E-state index contributed by atoms with van der Waals surface area (Å²) in [6, 6.07) is 33.4. The summed E-state index contributed by atoms with van der Waals surface area (Å²) >= 11 is 0. The molecule has 0 fully saturated rings. The number of aromatic nitrogens is 2. The van der Waals surface area contributed by atoms with Crippen molar-refractivity contribution in [3.8, 4) is 22.3 Å². The molecule has 0 saturated carbocycles. The molecule has 424 valence electrons. The van der Waals surface area contributed by atoms with Crippen LogP contribution in [-0.2, 0) is 41.7 Å². The third-order valence-electron chi connectivity index (χ3n) is 13.6. The number of aryl methyl sites for hydroxylation is 4. The molecule has 0 aliphatic rings. The first-order valence-corrected chi connectivity index (χ1v) is 27.0. The van der Waals surface area contributed by atoms with Gasteiger partial charge in [-0.3, -0.25) is 24.0 Å². The van der Waals surface area contributed by atoms with Crippen LogP contribution >= 0.6 is 0 Å². The molecule has 6 rings (SSSR count). The minimum atomic E-state index is -0.960. The molecular weight excluding hydrogens is 995 g/mol. The summed E-state index contributed by atoms with van der Waals surface area (Å²) < 4.78 is 12.6. The van der Waals surface area contributed by atoms with E-state index in [9.17, 15) is 33.9 Å². The number of hydrogen-bond donors (Lipinski definition) is 2. The third kappa shape index (κ3) is 19.6. The summed E-state index contributed by atoms with van der Waals surface area (Å²) in [6.45, 7) is 17.7. The first-order chi connectivity index (χ1) is 37.3. The van der Waals surface area contributed by atoms with Crippen LogP contribution in [0.25, 0.3) is 22.3 Å². The van der Waals surface area contributed by atoms with E-state index in [-0.39, 0.29) is 71.9 Å². The Morgan fingerprint density at radius 1 is 0.544 bits per heavy atom. The maximum atomic E-state index is 14.0. The second kappa shape index (κ2) is 30.8. The molecule has 0 amide bonds. The maximum absolute atomic E-state index is 14.0. The molecule has 4 atom stereocenters. The quantitative estimate of drug-likeness (QED) is 0.0614. The predicted octanol–water partition coefficient (Wildman–Crippen LogP) is 11.2. The van der Waals surface area contributed by atoms with E-state index in [4.69, 9.17) is 10.5 Å². The van der Waals surface area contributed by atoms with Gasteiger partial charge < -0.3 is 39.2 Å². The summed E-state index contributed by atoms with van der Waals surface area (Å²) in [4.78, 5) is 78.0. The van der Waals surface area contributed by atoms with Crippen LogP contribution in [0, 0.1) is 39.5 Å². The first-order valence-electron chi connectivity index (χ1n) is 27.0. The summed E-state index contributed by atoms with van der Waals surface area (Å²) in [6.07, 6.45) is 4.86. The number of methoxy groups -OCH3 is 2. The fraction of sp³-hybridized carbons (Fsp3) is 0.415. The van der Waals surface area contributed by atoms with Crippen LogP contribution in [0.3, 0.4) is 0 Å². The van der Waals surface area contributed by atoms with Gasteiger partial charge >= 0.3 is 17.9 Å². The van der Waals surface area contributed by atoms with Crippen molar-refractivity contribution >= 4 is 23.7 Å². The second-order valence-corrected chi connectivity index (χ2v) is 22.0. The van der Waals surface area contributed by atoms with Gasteiger partial charge in [-0.05, 0) is 153 Å². The van der Waals surface area contributed by atoms with Crippen molar-refractivity contribution in [3.05, 3.63) is 187 Å². The van der Waals surface area contributed by atoms with Crippen LogP contribution in [0.4, 0.5) is 0 Å². The summed E-state index contributed by atoms with van der Waals surface area (Å²) in [5.41, 5.74) is 18.7. The number of nitrogens with two attached hydrogens (primary N) is 1. The molecule has 0 aliphatic carbocycles. The number of benzene rings is 4. The van der Waals surface area contributed by atoms with Crippen LogP contribution in [0.15, 0.2) is 131 Å². The monoisotopic (exact) mass is 1080 g/mol. The Hall–Kier alpha value is -7.26. The Balaban J connectivity index is 0.000000282. The number of carboxylic acid groups (broad SMARTS) is 1. The average molecular weight is 1080 g/mol. The Labute approximate surface area is 468 Å². The van der Waals surface area contributed by atoms with Crippen molar-refractivity contribution in [2.75, 3.05) is 42.4 Å². The van der Waals surface area contributed by atoms with Gasteiger partial charge in [0.1, 0.15) is 6.04 Å². The van der Waals surface area contributed by atoms with E-state index in [0.29, 0.717) is 25.9 Å². The molecule has 0 spiro atoms. The van der Waals surface area contributed by atoms with Crippen molar-refractivity contribution < 1.29 is 33.8 Å². The zero-order valence-electron chi connectivity index (χ0n) is 49.0. The standard InChI is InChI=1S/C33H42N2O4.C18H21NO2.C14H22N2O3/c1-22(2)16-29(35-21-25(20-34(5)6)14-15-31(35)37)30(36)18-28(19-32(38)39-7)26-12-9-13-27(17-26)33-23(3)10-8-11-24(33)4;1-12-6-4-7-13(2)18(12)15-9-5-8-14(10-15)16(19)11-17(20)21-3;1-10(2)7-12(14(18)19)16-9-11(8-15(3)4)5-6-13(16)17/h8-15,17,21-22,28-29H,16,18-20H2,1-7H3;4-10,16H,11,19H2,1-3H3;5-6,9-10,12H,7-8H2,1-4H3,(H,18,19)/t28-,29?;16-;/m00./s1. The van der Waals surface area contributed by atoms with E-state index in [0.717, 1.165) is 38.9 Å². The van der Waals surface area contributed by atoms with Crippen molar-refractivity contribution in [1.82, 2.24) is 18.9 Å². The minimum Gasteiger partial charge on any atom is -0.480 e. The van der Waals surface area contributed by atoms with Crippen LogP contribution < -0.4 is 16.9 Å². The van der Waals surface area contributed by atoms with Gasteiger partial charge in [0.2, 0.25) is 0 Å². The molecule has 0 bridgehead atoms. The summed E-state index contributed by atoms with van der Waals surface area (Å²) in [5, 5.41) is 9.30. The number of carbonyl (C=O) groups excluding carboxylic acids is 3. The predicted molar refractivity (Wildman–Crippen MR) is 316 cm³/mol. The number of esters is 2. The van der Waals surface area contributed by atoms with Crippen LogP contribution in [-0.4, -0.2) is 90.1 Å². The number of hydrogen-bond acceptors (Lipinski definition) is 11. The highest BCUT2D eigenvalue weighted by molar-refractivity contribution is 5.84. The molecule has 79 heavy (non-hydrogen) atoms. The zero-order chi connectivity index (χ0) is 58.7. The number of nitrogens with zero attached hydrogens (tertiary/aromatic N) is 4. The molecule has 2 unspecified atom stereocenters. The van der Waals surface area contributed by atoms with E-state index < -0.39 is 18.1 Å². The molecule has 6 aromatic rings. The Morgan fingerprint density at radius 3 is 1.35 bits per heavy atom. The van der Waals surface area contributed by atoms with Crippen LogP contribution in [0.1, 0.15) is 128 Å². The number of rotatable bonds is 22. The largest absolute Gasteiger partial charge is 0.480 e. The van der Waals surface area contributed by atoms with Gasteiger partial charge in [-0.25, -0.2) is 4.79 Å². The minimum absolute atomic E-state index is 0.0563. The van der Waals surface area contributed by atoms with Crippen LogP contribution in [0.5, 0.6) is 0 Å². The van der Waals surface area contributed by atoms with E-state index in [1.54, 1.807) is 22.9 Å². The number of Topliss-reactive ketones (excluding diaryl/α,β-unsaturated/α-hetero) is 1. The van der Waals surface area contributed by atoms with E-state index in [1.807, 2.05) is 94.4 Å². The lowest BCUT2D eigenvalue weighted by atomic mass is 9.85. The fourth-order valence-corrected chi connectivity index (χ4v) is 9.89. The van der Waals surface area contributed by atoms with Gasteiger partial charge in [-0.1, -0.05) is 119 Å². The molecule has 14 nitrogen and oxygen atoms in total. The van der Waals surface area contributed by atoms with Gasteiger partial charge in [-0.2, -0.15) is 0 Å². The fourth-order valence-electron chi connectivity index (χ4n) is 9.89. The highest BCUT2D eigenvalue weighted by Gasteiger charge is 2.29. The summed E-state index contributed by atoms with van der Waals surface area (Å²) in [5.74, 6) is -1.63. The molecule has 2 heterocycles. The first kappa shape index (κ1) is 64.3. The van der Waals surface area contributed by atoms with Gasteiger partial charge in [0, 0.05) is 56.0 Å².